The van der Waals surface area contributed by atoms with Crippen LogP contribution in [0.5, 0.6) is 0 Å². The van der Waals surface area contributed by atoms with Crippen molar-refractivity contribution in [2.75, 3.05) is 7.05 Å². The second kappa shape index (κ2) is 8.54. The number of hydrogen-bond donors (Lipinski definition) is 2. The fourth-order valence-corrected chi connectivity index (χ4v) is 2.73. The zero-order chi connectivity index (χ0) is 18.4. The Balaban J connectivity index is 1.59. The standard InChI is InChI=1S/C20H21ClN4O/c1-14(16-9-6-10-17(21)11-16)24-20(22-2)23-12-18-13-26-19(25-18)15-7-4-3-5-8-15/h3-11,13-14H,12H2,1-2H3,(H2,22,23,24). The minimum atomic E-state index is 0.0667. The van der Waals surface area contributed by atoms with Gasteiger partial charge in [-0.05, 0) is 36.8 Å². The van der Waals surface area contributed by atoms with Crippen LogP contribution in [-0.4, -0.2) is 18.0 Å². The first kappa shape index (κ1) is 18.0. The van der Waals surface area contributed by atoms with Crippen LogP contribution in [0.15, 0.2) is 70.3 Å². The third-order valence-corrected chi connectivity index (χ3v) is 4.17. The second-order valence-corrected chi connectivity index (χ2v) is 6.29. The lowest BCUT2D eigenvalue weighted by Gasteiger charge is -2.18. The zero-order valence-electron chi connectivity index (χ0n) is 14.7. The highest BCUT2D eigenvalue weighted by Crippen LogP contribution is 2.18. The van der Waals surface area contributed by atoms with Crippen molar-refractivity contribution in [3.63, 3.8) is 0 Å². The van der Waals surface area contributed by atoms with Gasteiger partial charge in [-0.3, -0.25) is 4.99 Å². The van der Waals surface area contributed by atoms with E-state index < -0.39 is 0 Å². The van der Waals surface area contributed by atoms with Gasteiger partial charge in [-0.1, -0.05) is 41.9 Å². The molecule has 3 rings (SSSR count). The van der Waals surface area contributed by atoms with E-state index in [0.29, 0.717) is 18.4 Å². The van der Waals surface area contributed by atoms with Gasteiger partial charge in [-0.25, -0.2) is 4.98 Å². The summed E-state index contributed by atoms with van der Waals surface area (Å²) in [6.07, 6.45) is 1.66. The molecule has 0 aliphatic rings. The van der Waals surface area contributed by atoms with Gasteiger partial charge in [-0.2, -0.15) is 0 Å². The summed E-state index contributed by atoms with van der Waals surface area (Å²) in [7, 11) is 1.73. The number of nitrogens with one attached hydrogen (secondary N) is 2. The number of benzene rings is 2. The average Bonchev–Trinajstić information content (AvgIpc) is 3.14. The van der Waals surface area contributed by atoms with E-state index in [4.69, 9.17) is 16.0 Å². The van der Waals surface area contributed by atoms with Crippen LogP contribution >= 0.6 is 11.6 Å². The molecule has 1 heterocycles. The number of guanidine groups is 1. The summed E-state index contributed by atoms with van der Waals surface area (Å²) < 4.78 is 5.55. The molecule has 0 aliphatic carbocycles. The van der Waals surface area contributed by atoms with E-state index in [1.54, 1.807) is 13.3 Å². The highest BCUT2D eigenvalue weighted by molar-refractivity contribution is 6.30. The Hall–Kier alpha value is -2.79. The number of aliphatic imine (C=N–C) groups is 1. The molecular formula is C20H21ClN4O. The van der Waals surface area contributed by atoms with Crippen LogP contribution in [-0.2, 0) is 6.54 Å². The zero-order valence-corrected chi connectivity index (χ0v) is 15.5. The van der Waals surface area contributed by atoms with E-state index in [2.05, 4.69) is 27.5 Å². The highest BCUT2D eigenvalue weighted by Gasteiger charge is 2.10. The summed E-state index contributed by atoms with van der Waals surface area (Å²) in [6, 6.07) is 17.7. The van der Waals surface area contributed by atoms with Crippen LogP contribution in [0, 0.1) is 0 Å². The molecular weight excluding hydrogens is 348 g/mol. The molecule has 2 aromatic carbocycles. The predicted molar refractivity (Wildman–Crippen MR) is 105 cm³/mol. The van der Waals surface area contributed by atoms with Crippen LogP contribution in [0.4, 0.5) is 0 Å². The van der Waals surface area contributed by atoms with Crippen molar-refractivity contribution in [1.29, 1.82) is 0 Å². The molecule has 1 unspecified atom stereocenters. The minimum absolute atomic E-state index is 0.0667. The smallest absolute Gasteiger partial charge is 0.226 e. The van der Waals surface area contributed by atoms with Crippen molar-refractivity contribution >= 4 is 17.6 Å². The molecule has 0 fully saturated rings. The average molecular weight is 369 g/mol. The molecule has 0 bridgehead atoms. The lowest BCUT2D eigenvalue weighted by Crippen LogP contribution is -2.38. The number of aromatic nitrogens is 1. The normalized spacial score (nSPS) is 12.7. The van der Waals surface area contributed by atoms with E-state index in [1.807, 2.05) is 54.6 Å². The Morgan fingerprint density at radius 2 is 2.00 bits per heavy atom. The molecule has 134 valence electrons. The fourth-order valence-electron chi connectivity index (χ4n) is 2.53. The minimum Gasteiger partial charge on any atom is -0.444 e. The Kier molecular flexibility index (Phi) is 5.92. The summed E-state index contributed by atoms with van der Waals surface area (Å²) >= 11 is 6.06. The Labute approximate surface area is 158 Å². The molecule has 5 nitrogen and oxygen atoms in total. The van der Waals surface area contributed by atoms with Gasteiger partial charge in [0.2, 0.25) is 5.89 Å². The molecule has 0 radical (unpaired) electrons. The Bertz CT molecular complexity index is 876. The molecule has 26 heavy (non-hydrogen) atoms. The van der Waals surface area contributed by atoms with Gasteiger partial charge >= 0.3 is 0 Å². The number of oxazole rings is 1. The van der Waals surface area contributed by atoms with Gasteiger partial charge in [-0.15, -0.1) is 0 Å². The summed E-state index contributed by atoms with van der Waals surface area (Å²) in [5, 5.41) is 7.31. The molecule has 0 aliphatic heterocycles. The quantitative estimate of drug-likeness (QED) is 0.517. The van der Waals surface area contributed by atoms with Crippen molar-refractivity contribution < 1.29 is 4.42 Å². The topological polar surface area (TPSA) is 62.5 Å². The maximum Gasteiger partial charge on any atom is 0.226 e. The lowest BCUT2D eigenvalue weighted by atomic mass is 10.1. The monoisotopic (exact) mass is 368 g/mol. The third-order valence-electron chi connectivity index (χ3n) is 3.93. The summed E-state index contributed by atoms with van der Waals surface area (Å²) in [6.45, 7) is 2.57. The number of rotatable bonds is 5. The predicted octanol–water partition coefficient (Wildman–Crippen LogP) is 4.42. The number of hydrogen-bond acceptors (Lipinski definition) is 3. The van der Waals surface area contributed by atoms with E-state index in [9.17, 15) is 0 Å². The second-order valence-electron chi connectivity index (χ2n) is 5.86. The fraction of sp³-hybridized carbons (Fsp3) is 0.200. The van der Waals surface area contributed by atoms with Crippen molar-refractivity contribution in [3.05, 3.63) is 77.1 Å². The molecule has 2 N–H and O–H groups in total. The Morgan fingerprint density at radius 3 is 2.73 bits per heavy atom. The van der Waals surface area contributed by atoms with Gasteiger partial charge in [0.15, 0.2) is 5.96 Å². The molecule has 0 amide bonds. The van der Waals surface area contributed by atoms with Gasteiger partial charge in [0.05, 0.1) is 18.3 Å². The van der Waals surface area contributed by atoms with Crippen molar-refractivity contribution in [2.45, 2.75) is 19.5 Å². The van der Waals surface area contributed by atoms with Crippen LogP contribution in [0.2, 0.25) is 5.02 Å². The van der Waals surface area contributed by atoms with Gasteiger partial charge < -0.3 is 15.1 Å². The van der Waals surface area contributed by atoms with E-state index in [0.717, 1.165) is 21.8 Å². The summed E-state index contributed by atoms with van der Waals surface area (Å²) in [4.78, 5) is 8.77. The molecule has 0 spiro atoms. The largest absolute Gasteiger partial charge is 0.444 e. The number of nitrogens with zero attached hydrogens (tertiary/aromatic N) is 2. The first-order chi connectivity index (χ1) is 12.7. The van der Waals surface area contributed by atoms with Gasteiger partial charge in [0.1, 0.15) is 6.26 Å². The molecule has 6 heteroatoms. The van der Waals surface area contributed by atoms with E-state index in [1.165, 1.54) is 0 Å². The van der Waals surface area contributed by atoms with Crippen molar-refractivity contribution in [2.24, 2.45) is 4.99 Å². The van der Waals surface area contributed by atoms with Crippen molar-refractivity contribution in [1.82, 2.24) is 15.6 Å². The number of halogens is 1. The van der Waals surface area contributed by atoms with Crippen LogP contribution < -0.4 is 10.6 Å². The first-order valence-corrected chi connectivity index (χ1v) is 8.76. The summed E-state index contributed by atoms with van der Waals surface area (Å²) in [5.74, 6) is 1.29. The molecule has 0 saturated heterocycles. The van der Waals surface area contributed by atoms with Crippen LogP contribution in [0.3, 0.4) is 0 Å². The maximum absolute atomic E-state index is 6.06. The molecule has 1 atom stereocenters. The van der Waals surface area contributed by atoms with E-state index >= 15 is 0 Å². The molecule has 1 aromatic heterocycles. The van der Waals surface area contributed by atoms with E-state index in [-0.39, 0.29) is 6.04 Å². The highest BCUT2D eigenvalue weighted by atomic mass is 35.5. The molecule has 3 aromatic rings. The lowest BCUT2D eigenvalue weighted by molar-refractivity contribution is 0.572. The maximum atomic E-state index is 6.06. The Morgan fingerprint density at radius 1 is 1.19 bits per heavy atom. The first-order valence-electron chi connectivity index (χ1n) is 8.38. The molecule has 0 saturated carbocycles. The third kappa shape index (κ3) is 4.64. The summed E-state index contributed by atoms with van der Waals surface area (Å²) in [5.41, 5.74) is 2.85. The SMILES string of the molecule is CN=C(NCc1coc(-c2ccccc2)n1)NC(C)c1cccc(Cl)c1. The van der Waals surface area contributed by atoms with Crippen LogP contribution in [0.1, 0.15) is 24.2 Å². The van der Waals surface area contributed by atoms with Gasteiger partial charge in [0, 0.05) is 17.6 Å². The van der Waals surface area contributed by atoms with Crippen LogP contribution in [0.25, 0.3) is 11.5 Å². The van der Waals surface area contributed by atoms with Gasteiger partial charge in [0.25, 0.3) is 0 Å². The van der Waals surface area contributed by atoms with Crippen molar-refractivity contribution in [3.8, 4) is 11.5 Å².